The van der Waals surface area contributed by atoms with Gasteiger partial charge in [0.15, 0.2) is 11.6 Å². The van der Waals surface area contributed by atoms with Gasteiger partial charge in [-0.25, -0.2) is 9.97 Å². The molecule has 1 aliphatic rings. The molecule has 0 spiro atoms. The van der Waals surface area contributed by atoms with E-state index in [1.165, 1.54) is 12.1 Å². The highest BCUT2D eigenvalue weighted by molar-refractivity contribution is 5.61. The van der Waals surface area contributed by atoms with Crippen LogP contribution >= 0.6 is 0 Å². The van der Waals surface area contributed by atoms with Crippen LogP contribution in [0, 0.1) is 29.9 Å². The molecule has 0 radical (unpaired) electrons. The highest BCUT2D eigenvalue weighted by atomic mass is 16.6. The standard InChI is InChI=1S/C20H22N6O3/c1-13-9-19(23-20(21-13)16-6-3-7-17(11-16)26(27)28)25-8-4-5-15(12-25)10-18-22-14(2)29-24-18/h3,6-7,9,11,15H,4-5,8,10,12H2,1-2H3. The summed E-state index contributed by atoms with van der Waals surface area (Å²) in [6.07, 6.45) is 2.93. The number of nitrogens with zero attached hydrogens (tertiary/aromatic N) is 6. The maximum Gasteiger partial charge on any atom is 0.270 e. The van der Waals surface area contributed by atoms with Crippen molar-refractivity contribution in [2.45, 2.75) is 33.1 Å². The molecule has 29 heavy (non-hydrogen) atoms. The normalized spacial score (nSPS) is 16.8. The van der Waals surface area contributed by atoms with Gasteiger partial charge in [0.1, 0.15) is 5.82 Å². The largest absolute Gasteiger partial charge is 0.356 e. The Bertz CT molecular complexity index is 1030. The van der Waals surface area contributed by atoms with E-state index in [4.69, 9.17) is 9.51 Å². The highest BCUT2D eigenvalue weighted by Crippen LogP contribution is 2.27. The first kappa shape index (κ1) is 19.0. The highest BCUT2D eigenvalue weighted by Gasteiger charge is 2.24. The molecule has 1 aliphatic heterocycles. The quantitative estimate of drug-likeness (QED) is 0.477. The first-order chi connectivity index (χ1) is 14.0. The van der Waals surface area contributed by atoms with Crippen molar-refractivity contribution in [2.75, 3.05) is 18.0 Å². The smallest absolute Gasteiger partial charge is 0.270 e. The molecule has 1 atom stereocenters. The molecule has 1 fully saturated rings. The van der Waals surface area contributed by atoms with E-state index in [2.05, 4.69) is 20.0 Å². The van der Waals surface area contributed by atoms with Crippen molar-refractivity contribution in [3.05, 3.63) is 57.9 Å². The number of aryl methyl sites for hydroxylation is 2. The maximum atomic E-state index is 11.1. The SMILES string of the molecule is Cc1cc(N2CCCC(Cc3noc(C)n3)C2)nc(-c2cccc([N+](=O)[O-])c2)n1. The van der Waals surface area contributed by atoms with E-state index in [0.29, 0.717) is 23.2 Å². The van der Waals surface area contributed by atoms with Crippen LogP contribution in [0.2, 0.25) is 0 Å². The Balaban J connectivity index is 1.56. The molecule has 0 N–H and O–H groups in total. The summed E-state index contributed by atoms with van der Waals surface area (Å²) in [7, 11) is 0. The van der Waals surface area contributed by atoms with Crippen LogP contribution < -0.4 is 4.90 Å². The van der Waals surface area contributed by atoms with Crippen LogP contribution in [0.3, 0.4) is 0 Å². The molecular weight excluding hydrogens is 372 g/mol. The number of nitro benzene ring substituents is 1. The van der Waals surface area contributed by atoms with Gasteiger partial charge in [-0.15, -0.1) is 0 Å². The van der Waals surface area contributed by atoms with Crippen molar-refractivity contribution in [1.82, 2.24) is 20.1 Å². The lowest BCUT2D eigenvalue weighted by Gasteiger charge is -2.33. The zero-order valence-corrected chi connectivity index (χ0v) is 16.4. The molecule has 1 aromatic carbocycles. The number of benzene rings is 1. The van der Waals surface area contributed by atoms with E-state index < -0.39 is 4.92 Å². The molecule has 1 unspecified atom stereocenters. The summed E-state index contributed by atoms with van der Waals surface area (Å²) >= 11 is 0. The van der Waals surface area contributed by atoms with Gasteiger partial charge >= 0.3 is 0 Å². The van der Waals surface area contributed by atoms with E-state index in [9.17, 15) is 10.1 Å². The zero-order chi connectivity index (χ0) is 20.4. The number of aromatic nitrogens is 4. The monoisotopic (exact) mass is 394 g/mol. The third-order valence-corrected chi connectivity index (χ3v) is 5.04. The van der Waals surface area contributed by atoms with Crippen LogP contribution in [0.1, 0.15) is 30.3 Å². The van der Waals surface area contributed by atoms with Gasteiger partial charge in [0.05, 0.1) is 4.92 Å². The second-order valence-corrected chi connectivity index (χ2v) is 7.39. The molecule has 9 heteroatoms. The van der Waals surface area contributed by atoms with E-state index in [0.717, 1.165) is 49.7 Å². The average molecular weight is 394 g/mol. The second-order valence-electron chi connectivity index (χ2n) is 7.39. The molecule has 3 aromatic rings. The van der Waals surface area contributed by atoms with Crippen molar-refractivity contribution in [1.29, 1.82) is 0 Å². The van der Waals surface area contributed by atoms with Gasteiger partial charge in [-0.1, -0.05) is 17.3 Å². The van der Waals surface area contributed by atoms with E-state index in [1.807, 2.05) is 13.0 Å². The van der Waals surface area contributed by atoms with Crippen molar-refractivity contribution < 1.29 is 9.45 Å². The molecule has 0 bridgehead atoms. The Labute approximate surface area is 167 Å². The summed E-state index contributed by atoms with van der Waals surface area (Å²) < 4.78 is 5.08. The van der Waals surface area contributed by atoms with Gasteiger partial charge < -0.3 is 9.42 Å². The number of hydrogen-bond acceptors (Lipinski definition) is 8. The van der Waals surface area contributed by atoms with Gasteiger partial charge in [0.25, 0.3) is 5.69 Å². The zero-order valence-electron chi connectivity index (χ0n) is 16.4. The Hall–Kier alpha value is -3.36. The summed E-state index contributed by atoms with van der Waals surface area (Å²) in [5, 5.41) is 15.1. The third-order valence-electron chi connectivity index (χ3n) is 5.04. The summed E-state index contributed by atoms with van der Waals surface area (Å²) in [4.78, 5) is 26.5. The minimum Gasteiger partial charge on any atom is -0.356 e. The lowest BCUT2D eigenvalue weighted by molar-refractivity contribution is -0.384. The molecule has 1 saturated heterocycles. The van der Waals surface area contributed by atoms with Gasteiger partial charge in [-0.05, 0) is 25.7 Å². The minimum absolute atomic E-state index is 0.0302. The first-order valence-corrected chi connectivity index (χ1v) is 9.62. The fourth-order valence-corrected chi connectivity index (χ4v) is 3.72. The molecule has 0 amide bonds. The van der Waals surface area contributed by atoms with Gasteiger partial charge in [0.2, 0.25) is 5.89 Å². The predicted molar refractivity (Wildman–Crippen MR) is 107 cm³/mol. The fraction of sp³-hybridized carbons (Fsp3) is 0.400. The summed E-state index contributed by atoms with van der Waals surface area (Å²) in [6.45, 7) is 5.46. The Morgan fingerprint density at radius 2 is 2.10 bits per heavy atom. The van der Waals surface area contributed by atoms with Crippen LogP contribution in [0.25, 0.3) is 11.4 Å². The fourth-order valence-electron chi connectivity index (χ4n) is 3.72. The summed E-state index contributed by atoms with van der Waals surface area (Å²) in [5.41, 5.74) is 1.50. The number of hydrogen-bond donors (Lipinski definition) is 0. The second kappa shape index (κ2) is 7.94. The molecule has 4 rings (SSSR count). The molecule has 2 aromatic heterocycles. The van der Waals surface area contributed by atoms with Crippen LogP contribution in [0.4, 0.5) is 11.5 Å². The lowest BCUT2D eigenvalue weighted by atomic mass is 9.94. The van der Waals surface area contributed by atoms with Crippen LogP contribution in [-0.2, 0) is 6.42 Å². The lowest BCUT2D eigenvalue weighted by Crippen LogP contribution is -2.37. The van der Waals surface area contributed by atoms with Crippen molar-refractivity contribution in [2.24, 2.45) is 5.92 Å². The average Bonchev–Trinajstić information content (AvgIpc) is 3.12. The summed E-state index contributed by atoms with van der Waals surface area (Å²) in [6, 6.07) is 8.39. The van der Waals surface area contributed by atoms with Gasteiger partial charge in [-0.3, -0.25) is 10.1 Å². The predicted octanol–water partition coefficient (Wildman–Crippen LogP) is 3.51. The number of non-ortho nitro benzene ring substituents is 1. The third kappa shape index (κ3) is 4.39. The number of anilines is 1. The molecule has 150 valence electrons. The van der Waals surface area contributed by atoms with Crippen LogP contribution in [0.15, 0.2) is 34.9 Å². The minimum atomic E-state index is -0.408. The van der Waals surface area contributed by atoms with E-state index in [1.54, 1.807) is 19.1 Å². The number of nitro groups is 1. The Morgan fingerprint density at radius 1 is 1.24 bits per heavy atom. The maximum absolute atomic E-state index is 11.1. The van der Waals surface area contributed by atoms with Gasteiger partial charge in [-0.2, -0.15) is 4.98 Å². The molecule has 3 heterocycles. The van der Waals surface area contributed by atoms with Crippen molar-refractivity contribution >= 4 is 11.5 Å². The first-order valence-electron chi connectivity index (χ1n) is 9.62. The molecule has 0 saturated carbocycles. The van der Waals surface area contributed by atoms with Crippen molar-refractivity contribution in [3.63, 3.8) is 0 Å². The van der Waals surface area contributed by atoms with E-state index in [-0.39, 0.29) is 5.69 Å². The molecule has 0 aliphatic carbocycles. The molecule has 9 nitrogen and oxygen atoms in total. The van der Waals surface area contributed by atoms with E-state index >= 15 is 0 Å². The Morgan fingerprint density at radius 3 is 2.86 bits per heavy atom. The van der Waals surface area contributed by atoms with Crippen molar-refractivity contribution in [3.8, 4) is 11.4 Å². The van der Waals surface area contributed by atoms with Gasteiger partial charge in [0, 0.05) is 55.9 Å². The number of piperidine rings is 1. The summed E-state index contributed by atoms with van der Waals surface area (Å²) in [5.74, 6) is 3.08. The van der Waals surface area contributed by atoms with Crippen LogP contribution in [0.5, 0.6) is 0 Å². The number of rotatable bonds is 5. The Kier molecular flexibility index (Phi) is 5.20. The topological polar surface area (TPSA) is 111 Å². The van der Waals surface area contributed by atoms with Crippen LogP contribution in [-0.4, -0.2) is 38.1 Å². The molecular formula is C20H22N6O3.